The largest absolute Gasteiger partial charge is 0.322 e. The molecule has 0 fully saturated rings. The van der Waals surface area contributed by atoms with Crippen LogP contribution in [0.1, 0.15) is 15.9 Å². The highest BCUT2D eigenvalue weighted by atomic mass is 35.5. The maximum Gasteiger partial charge on any atom is 0.255 e. The highest BCUT2D eigenvalue weighted by molar-refractivity contribution is 7.92. The minimum atomic E-state index is -3.39. The highest BCUT2D eigenvalue weighted by Crippen LogP contribution is 2.31. The summed E-state index contributed by atoms with van der Waals surface area (Å²) in [5, 5.41) is 2.52. The highest BCUT2D eigenvalue weighted by Gasteiger charge is 2.27. The van der Waals surface area contributed by atoms with E-state index in [1.54, 1.807) is 18.2 Å². The fraction of sp³-hybridized carbons (Fsp3) is 0.188. The van der Waals surface area contributed by atoms with E-state index in [4.69, 9.17) is 11.6 Å². The average Bonchev–Trinajstić information content (AvgIpc) is 2.94. The van der Waals surface area contributed by atoms with Crippen molar-refractivity contribution in [2.24, 2.45) is 0 Å². The van der Waals surface area contributed by atoms with E-state index in [0.29, 0.717) is 29.9 Å². The quantitative estimate of drug-likeness (QED) is 0.905. The number of benzene rings is 2. The molecule has 126 valence electrons. The van der Waals surface area contributed by atoms with Crippen LogP contribution < -0.4 is 9.62 Å². The second kappa shape index (κ2) is 6.07. The van der Waals surface area contributed by atoms with Crippen LogP contribution in [-0.4, -0.2) is 27.1 Å². The number of carbonyl (C=O) groups excluding carboxylic acids is 1. The molecule has 0 unspecified atom stereocenters. The van der Waals surface area contributed by atoms with Gasteiger partial charge in [-0.15, -0.1) is 0 Å². The van der Waals surface area contributed by atoms with Crippen LogP contribution in [0.15, 0.2) is 36.4 Å². The molecule has 0 atom stereocenters. The van der Waals surface area contributed by atoms with Crippen LogP contribution in [0.25, 0.3) is 0 Å². The lowest BCUT2D eigenvalue weighted by Gasteiger charge is -2.17. The first-order valence-electron chi connectivity index (χ1n) is 7.13. The molecule has 0 radical (unpaired) electrons. The number of nitrogens with one attached hydrogen (secondary N) is 1. The summed E-state index contributed by atoms with van der Waals surface area (Å²) in [4.78, 5) is 12.4. The number of carbonyl (C=O) groups is 1. The van der Waals surface area contributed by atoms with E-state index in [9.17, 15) is 17.6 Å². The Kier molecular flexibility index (Phi) is 4.23. The molecule has 0 saturated heterocycles. The van der Waals surface area contributed by atoms with Gasteiger partial charge in [0.05, 0.1) is 17.0 Å². The molecular formula is C16H14ClFN2O3S. The molecule has 3 rings (SSSR count). The summed E-state index contributed by atoms with van der Waals surface area (Å²) in [6.45, 7) is 0.368. The maximum absolute atomic E-state index is 13.2. The van der Waals surface area contributed by atoms with Crippen molar-refractivity contribution in [1.29, 1.82) is 0 Å². The predicted molar refractivity (Wildman–Crippen MR) is 91.7 cm³/mol. The molecule has 0 aromatic heterocycles. The zero-order valence-electron chi connectivity index (χ0n) is 12.7. The molecule has 0 bridgehead atoms. The van der Waals surface area contributed by atoms with Crippen LogP contribution in [0.3, 0.4) is 0 Å². The van der Waals surface area contributed by atoms with Gasteiger partial charge in [0, 0.05) is 17.8 Å². The van der Waals surface area contributed by atoms with E-state index in [1.807, 2.05) is 0 Å². The van der Waals surface area contributed by atoms with Crippen LogP contribution in [0.5, 0.6) is 0 Å². The van der Waals surface area contributed by atoms with Gasteiger partial charge in [-0.2, -0.15) is 0 Å². The average molecular weight is 369 g/mol. The molecule has 0 aliphatic carbocycles. The maximum atomic E-state index is 13.2. The fourth-order valence-corrected chi connectivity index (χ4v) is 3.74. The van der Waals surface area contributed by atoms with E-state index >= 15 is 0 Å². The number of hydrogen-bond acceptors (Lipinski definition) is 3. The summed E-state index contributed by atoms with van der Waals surface area (Å²) in [5.74, 6) is -1.00. The minimum absolute atomic E-state index is 0.0926. The molecule has 8 heteroatoms. The Labute approximate surface area is 144 Å². The van der Waals surface area contributed by atoms with Crippen LogP contribution in [-0.2, 0) is 16.4 Å². The van der Waals surface area contributed by atoms with Gasteiger partial charge >= 0.3 is 0 Å². The second-order valence-corrected chi connectivity index (χ2v) is 7.83. The number of sulfonamides is 1. The summed E-state index contributed by atoms with van der Waals surface area (Å²) in [6.07, 6.45) is 1.74. The number of anilines is 2. The van der Waals surface area contributed by atoms with Crippen molar-refractivity contribution in [2.45, 2.75) is 6.42 Å². The third kappa shape index (κ3) is 3.22. The molecule has 1 N–H and O–H groups in total. The molecule has 2 aromatic carbocycles. The first kappa shape index (κ1) is 16.7. The number of amides is 1. The summed E-state index contributed by atoms with van der Waals surface area (Å²) in [6, 6.07) is 8.79. The summed E-state index contributed by atoms with van der Waals surface area (Å²) < 4.78 is 38.1. The number of nitrogens with zero attached hydrogens (tertiary/aromatic N) is 1. The third-order valence-electron chi connectivity index (χ3n) is 3.78. The zero-order valence-corrected chi connectivity index (χ0v) is 14.3. The summed E-state index contributed by atoms with van der Waals surface area (Å²) >= 11 is 5.69. The van der Waals surface area contributed by atoms with E-state index < -0.39 is 21.7 Å². The van der Waals surface area contributed by atoms with Crippen molar-refractivity contribution in [3.05, 3.63) is 58.4 Å². The Morgan fingerprint density at radius 3 is 2.67 bits per heavy atom. The molecule has 1 amide bonds. The third-order valence-corrected chi connectivity index (χ3v) is 5.25. The lowest BCUT2D eigenvalue weighted by Crippen LogP contribution is -2.27. The molecule has 0 spiro atoms. The van der Waals surface area contributed by atoms with Crippen molar-refractivity contribution in [1.82, 2.24) is 0 Å². The Morgan fingerprint density at radius 2 is 2.00 bits per heavy atom. The van der Waals surface area contributed by atoms with E-state index in [1.165, 1.54) is 16.4 Å². The molecule has 1 heterocycles. The Balaban J connectivity index is 1.88. The molecule has 24 heavy (non-hydrogen) atoms. The summed E-state index contributed by atoms with van der Waals surface area (Å²) in [7, 11) is -3.39. The van der Waals surface area contributed by atoms with Gasteiger partial charge in [-0.1, -0.05) is 17.7 Å². The van der Waals surface area contributed by atoms with Gasteiger partial charge in [-0.05, 0) is 42.3 Å². The van der Waals surface area contributed by atoms with E-state index in [-0.39, 0.29) is 5.02 Å². The van der Waals surface area contributed by atoms with Crippen LogP contribution in [0, 0.1) is 5.82 Å². The van der Waals surface area contributed by atoms with Crippen molar-refractivity contribution < 1.29 is 17.6 Å². The van der Waals surface area contributed by atoms with Gasteiger partial charge in [-0.25, -0.2) is 12.8 Å². The van der Waals surface area contributed by atoms with Crippen LogP contribution in [0.4, 0.5) is 15.8 Å². The standard InChI is InChI=1S/C16H14ClFN2O3S/c1-24(22,23)20-7-6-10-2-3-11(8-15(10)20)16(21)19-12-4-5-14(18)13(17)9-12/h2-5,8-9H,6-7H2,1H3,(H,19,21). The van der Waals surface area contributed by atoms with Gasteiger partial charge in [0.1, 0.15) is 5.82 Å². The Morgan fingerprint density at radius 1 is 1.25 bits per heavy atom. The second-order valence-electron chi connectivity index (χ2n) is 5.51. The van der Waals surface area contributed by atoms with Gasteiger partial charge in [0.15, 0.2) is 0 Å². The fourth-order valence-electron chi connectivity index (χ4n) is 2.61. The monoisotopic (exact) mass is 368 g/mol. The molecule has 1 aliphatic rings. The van der Waals surface area contributed by atoms with Crippen molar-refractivity contribution >= 4 is 38.9 Å². The molecule has 1 aliphatic heterocycles. The number of hydrogen-bond donors (Lipinski definition) is 1. The zero-order chi connectivity index (χ0) is 17.5. The topological polar surface area (TPSA) is 66.5 Å². The van der Waals surface area contributed by atoms with Crippen LogP contribution in [0.2, 0.25) is 5.02 Å². The number of fused-ring (bicyclic) bond motifs is 1. The van der Waals surface area contributed by atoms with Gasteiger partial charge in [0.2, 0.25) is 10.0 Å². The Bertz CT molecular complexity index is 931. The molecule has 2 aromatic rings. The summed E-state index contributed by atoms with van der Waals surface area (Å²) in [5.41, 5.74) is 2.06. The number of halogens is 2. The van der Waals surface area contributed by atoms with Crippen molar-refractivity contribution in [2.75, 3.05) is 22.4 Å². The Hall–Kier alpha value is -2.12. The SMILES string of the molecule is CS(=O)(=O)N1CCc2ccc(C(=O)Nc3ccc(F)c(Cl)c3)cc21. The predicted octanol–water partition coefficient (Wildman–Crippen LogP) is 3.05. The van der Waals surface area contributed by atoms with Crippen LogP contribution >= 0.6 is 11.6 Å². The smallest absolute Gasteiger partial charge is 0.255 e. The first-order valence-corrected chi connectivity index (χ1v) is 9.35. The van der Waals surface area contributed by atoms with E-state index in [2.05, 4.69) is 5.32 Å². The molecular weight excluding hydrogens is 355 g/mol. The molecule has 5 nitrogen and oxygen atoms in total. The van der Waals surface area contributed by atoms with Crippen molar-refractivity contribution in [3.63, 3.8) is 0 Å². The minimum Gasteiger partial charge on any atom is -0.322 e. The van der Waals surface area contributed by atoms with Crippen molar-refractivity contribution in [3.8, 4) is 0 Å². The lowest BCUT2D eigenvalue weighted by atomic mass is 10.1. The number of rotatable bonds is 3. The van der Waals surface area contributed by atoms with Gasteiger partial charge in [-0.3, -0.25) is 9.10 Å². The normalized spacial score (nSPS) is 13.7. The van der Waals surface area contributed by atoms with Gasteiger partial charge in [0.25, 0.3) is 5.91 Å². The lowest BCUT2D eigenvalue weighted by molar-refractivity contribution is 0.102. The van der Waals surface area contributed by atoms with E-state index in [0.717, 1.165) is 17.9 Å². The molecule has 0 saturated carbocycles. The van der Waals surface area contributed by atoms with Gasteiger partial charge < -0.3 is 5.32 Å². The first-order chi connectivity index (χ1) is 11.3.